The van der Waals surface area contributed by atoms with Crippen LogP contribution in [0.2, 0.25) is 5.02 Å². The summed E-state index contributed by atoms with van der Waals surface area (Å²) >= 11 is 11.6. The first-order valence-electron chi connectivity index (χ1n) is 6.82. The largest absolute Gasteiger partial charge is 0.232 e. The number of pyridine rings is 1. The monoisotopic (exact) mass is 305 g/mol. The first-order chi connectivity index (χ1) is 9.56. The van der Waals surface area contributed by atoms with Gasteiger partial charge in [0, 0.05) is 0 Å². The first kappa shape index (κ1) is 13.7. The average Bonchev–Trinajstić information content (AvgIpc) is 2.42. The van der Waals surface area contributed by atoms with E-state index in [1.165, 1.54) is 18.4 Å². The lowest BCUT2D eigenvalue weighted by Crippen LogP contribution is -2.14. The molecule has 20 heavy (non-hydrogen) atoms. The van der Waals surface area contributed by atoms with Gasteiger partial charge in [0.2, 0.25) is 0 Å². The van der Waals surface area contributed by atoms with Crippen LogP contribution in [0.4, 0.5) is 0 Å². The minimum atomic E-state index is 0.677. The van der Waals surface area contributed by atoms with Gasteiger partial charge in [0.1, 0.15) is 4.64 Å². The maximum absolute atomic E-state index is 6.11. The number of aromatic nitrogens is 3. The van der Waals surface area contributed by atoms with Gasteiger partial charge < -0.3 is 0 Å². The molecule has 2 aromatic rings. The Morgan fingerprint density at radius 2 is 1.95 bits per heavy atom. The number of fused-ring (bicyclic) bond motifs is 1. The van der Waals surface area contributed by atoms with Gasteiger partial charge in [-0.15, -0.1) is 0 Å². The number of hydrogen-bond acceptors (Lipinski definition) is 3. The Balaban J connectivity index is 2.20. The van der Waals surface area contributed by atoms with Crippen molar-refractivity contribution in [1.82, 2.24) is 14.8 Å². The molecule has 0 spiro atoms. The van der Waals surface area contributed by atoms with Crippen molar-refractivity contribution in [3.05, 3.63) is 44.3 Å². The zero-order chi connectivity index (χ0) is 14.3. The van der Waals surface area contributed by atoms with Crippen molar-refractivity contribution in [2.75, 3.05) is 0 Å². The van der Waals surface area contributed by atoms with Crippen molar-refractivity contribution < 1.29 is 0 Å². The lowest BCUT2D eigenvalue weighted by molar-refractivity contribution is 0.629. The van der Waals surface area contributed by atoms with Crippen molar-refractivity contribution >= 4 is 23.8 Å². The van der Waals surface area contributed by atoms with E-state index in [1.807, 2.05) is 19.9 Å². The molecular weight excluding hydrogens is 290 g/mol. The van der Waals surface area contributed by atoms with E-state index in [9.17, 15) is 0 Å². The minimum absolute atomic E-state index is 0.677. The van der Waals surface area contributed by atoms with Crippen molar-refractivity contribution in [1.29, 1.82) is 0 Å². The molecule has 0 radical (unpaired) electrons. The molecule has 3 rings (SSSR count). The predicted molar refractivity (Wildman–Crippen MR) is 83.3 cm³/mol. The van der Waals surface area contributed by atoms with Crippen LogP contribution in [0.5, 0.6) is 0 Å². The summed E-state index contributed by atoms with van der Waals surface area (Å²) < 4.78 is 2.49. The number of hydrogen-bond donors (Lipinski definition) is 0. The van der Waals surface area contributed by atoms with E-state index in [1.54, 1.807) is 4.68 Å². The molecule has 0 unspecified atom stereocenters. The number of halogens is 1. The topological polar surface area (TPSA) is 30.7 Å². The standard InChI is InChI=1S/C15H16ClN3S/c1-9-7-12(16)10(2)17-15(9)19-14(20)8-11-5-3-4-6-13(11)18-19/h7-8H,3-6H2,1-2H3. The van der Waals surface area contributed by atoms with E-state index >= 15 is 0 Å². The molecular formula is C15H16ClN3S. The Morgan fingerprint density at radius 1 is 1.20 bits per heavy atom. The summed E-state index contributed by atoms with van der Waals surface area (Å²) in [6.07, 6.45) is 4.53. The van der Waals surface area contributed by atoms with Gasteiger partial charge in [-0.05, 0) is 62.8 Å². The van der Waals surface area contributed by atoms with E-state index in [4.69, 9.17) is 28.9 Å². The van der Waals surface area contributed by atoms with E-state index in [0.717, 1.165) is 35.6 Å². The summed E-state index contributed by atoms with van der Waals surface area (Å²) in [4.78, 5) is 4.55. The third kappa shape index (κ3) is 2.38. The Hall–Kier alpha value is -1.26. The third-order valence-electron chi connectivity index (χ3n) is 3.72. The van der Waals surface area contributed by atoms with Crippen molar-refractivity contribution in [2.24, 2.45) is 0 Å². The maximum atomic E-state index is 6.11. The molecule has 1 aliphatic rings. The first-order valence-corrected chi connectivity index (χ1v) is 7.61. The Bertz CT molecular complexity index is 737. The molecule has 0 amide bonds. The zero-order valence-electron chi connectivity index (χ0n) is 11.6. The normalized spacial score (nSPS) is 14.2. The van der Waals surface area contributed by atoms with Gasteiger partial charge in [0.25, 0.3) is 0 Å². The number of nitrogens with zero attached hydrogens (tertiary/aromatic N) is 3. The summed E-state index contributed by atoms with van der Waals surface area (Å²) in [6.45, 7) is 3.88. The van der Waals surface area contributed by atoms with Crippen LogP contribution in [-0.4, -0.2) is 14.8 Å². The quantitative estimate of drug-likeness (QED) is 0.742. The van der Waals surface area contributed by atoms with E-state index in [-0.39, 0.29) is 0 Å². The van der Waals surface area contributed by atoms with Gasteiger partial charge in [0.15, 0.2) is 5.82 Å². The van der Waals surface area contributed by atoms with Gasteiger partial charge in [-0.3, -0.25) is 0 Å². The zero-order valence-corrected chi connectivity index (χ0v) is 13.2. The lowest BCUT2D eigenvalue weighted by atomic mass is 9.97. The average molecular weight is 306 g/mol. The molecule has 0 fully saturated rings. The molecule has 0 bridgehead atoms. The van der Waals surface area contributed by atoms with Crippen LogP contribution in [0, 0.1) is 18.5 Å². The smallest absolute Gasteiger partial charge is 0.158 e. The Kier molecular flexibility index (Phi) is 3.61. The third-order valence-corrected chi connectivity index (χ3v) is 4.40. The van der Waals surface area contributed by atoms with Gasteiger partial charge in [-0.2, -0.15) is 5.10 Å². The number of rotatable bonds is 1. The van der Waals surface area contributed by atoms with Crippen LogP contribution in [-0.2, 0) is 12.8 Å². The molecule has 0 N–H and O–H groups in total. The highest BCUT2D eigenvalue weighted by atomic mass is 35.5. The van der Waals surface area contributed by atoms with Crippen LogP contribution in [0.15, 0.2) is 12.1 Å². The molecule has 0 saturated heterocycles. The Labute approximate surface area is 128 Å². The lowest BCUT2D eigenvalue weighted by Gasteiger charge is -2.17. The molecule has 1 aliphatic carbocycles. The molecule has 2 heterocycles. The molecule has 0 saturated carbocycles. The summed E-state index contributed by atoms with van der Waals surface area (Å²) in [6, 6.07) is 3.99. The van der Waals surface area contributed by atoms with Crippen LogP contribution in [0.1, 0.15) is 35.4 Å². The van der Waals surface area contributed by atoms with E-state index in [2.05, 4.69) is 11.1 Å². The molecule has 0 aliphatic heterocycles. The van der Waals surface area contributed by atoms with Crippen LogP contribution >= 0.6 is 23.8 Å². The second-order valence-corrected chi connectivity index (χ2v) is 6.10. The highest BCUT2D eigenvalue weighted by molar-refractivity contribution is 7.71. The second-order valence-electron chi connectivity index (χ2n) is 5.27. The summed E-state index contributed by atoms with van der Waals surface area (Å²) in [5.41, 5.74) is 4.23. The maximum Gasteiger partial charge on any atom is 0.158 e. The highest BCUT2D eigenvalue weighted by Crippen LogP contribution is 2.23. The Morgan fingerprint density at radius 3 is 2.75 bits per heavy atom. The van der Waals surface area contributed by atoms with E-state index in [0.29, 0.717) is 9.66 Å². The fourth-order valence-corrected chi connectivity index (χ4v) is 3.06. The van der Waals surface area contributed by atoms with Gasteiger partial charge >= 0.3 is 0 Å². The molecule has 104 valence electrons. The summed E-state index contributed by atoms with van der Waals surface area (Å²) in [5, 5.41) is 5.40. The SMILES string of the molecule is Cc1cc(Cl)c(C)nc1-n1nc2c(cc1=S)CCCC2. The minimum Gasteiger partial charge on any atom is -0.232 e. The van der Waals surface area contributed by atoms with Crippen molar-refractivity contribution in [3.8, 4) is 5.82 Å². The van der Waals surface area contributed by atoms with Crippen LogP contribution < -0.4 is 0 Å². The van der Waals surface area contributed by atoms with Crippen molar-refractivity contribution in [3.63, 3.8) is 0 Å². The predicted octanol–water partition coefficient (Wildman–Crippen LogP) is 4.15. The van der Waals surface area contributed by atoms with Gasteiger partial charge in [0.05, 0.1) is 16.4 Å². The van der Waals surface area contributed by atoms with Crippen LogP contribution in [0.3, 0.4) is 0 Å². The summed E-state index contributed by atoms with van der Waals surface area (Å²) in [5.74, 6) is 0.783. The van der Waals surface area contributed by atoms with Gasteiger partial charge in [-0.1, -0.05) is 23.8 Å². The highest BCUT2D eigenvalue weighted by Gasteiger charge is 2.15. The van der Waals surface area contributed by atoms with Crippen molar-refractivity contribution in [2.45, 2.75) is 39.5 Å². The van der Waals surface area contributed by atoms with Crippen LogP contribution in [0.25, 0.3) is 5.82 Å². The van der Waals surface area contributed by atoms with Gasteiger partial charge in [-0.25, -0.2) is 9.67 Å². The van der Waals surface area contributed by atoms with E-state index < -0.39 is 0 Å². The molecule has 3 nitrogen and oxygen atoms in total. The fourth-order valence-electron chi connectivity index (χ4n) is 2.59. The molecule has 5 heteroatoms. The number of aryl methyl sites for hydroxylation is 4. The molecule has 0 atom stereocenters. The molecule has 2 aromatic heterocycles. The summed E-state index contributed by atoms with van der Waals surface area (Å²) in [7, 11) is 0. The second kappa shape index (κ2) is 5.26. The fraction of sp³-hybridized carbons (Fsp3) is 0.400. The molecule has 0 aromatic carbocycles.